The highest BCUT2D eigenvalue weighted by atomic mass is 16.7. The van der Waals surface area contributed by atoms with E-state index in [1.807, 2.05) is 0 Å². The third-order valence-corrected chi connectivity index (χ3v) is 2.95. The molecule has 1 aliphatic heterocycles. The molecule has 18 heavy (non-hydrogen) atoms. The molecule has 0 bridgehead atoms. The van der Waals surface area contributed by atoms with Crippen LogP contribution in [0.1, 0.15) is 25.5 Å². The van der Waals surface area contributed by atoms with Gasteiger partial charge in [-0.1, -0.05) is 18.2 Å². The van der Waals surface area contributed by atoms with Crippen molar-refractivity contribution in [2.24, 2.45) is 5.92 Å². The molecule has 2 atom stereocenters. The van der Waals surface area contributed by atoms with E-state index >= 15 is 0 Å². The van der Waals surface area contributed by atoms with Gasteiger partial charge in [-0.05, 0) is 19.9 Å². The standard InChI is InChI=1S/C13H16O5/c1-13(2)17-7-9(12(15)16)11(18-13)8-5-3-4-6-10(8)14/h3-6,9,11,14H,7H2,1-2H3,(H,15,16). The molecule has 0 aliphatic carbocycles. The molecule has 0 spiro atoms. The number of rotatable bonds is 2. The Morgan fingerprint density at radius 2 is 2.06 bits per heavy atom. The Balaban J connectivity index is 2.36. The predicted molar refractivity (Wildman–Crippen MR) is 63.1 cm³/mol. The normalized spacial score (nSPS) is 26.8. The smallest absolute Gasteiger partial charge is 0.311 e. The highest BCUT2D eigenvalue weighted by molar-refractivity contribution is 5.71. The van der Waals surface area contributed by atoms with Crippen LogP contribution in [0.3, 0.4) is 0 Å². The number of benzene rings is 1. The highest BCUT2D eigenvalue weighted by Crippen LogP contribution is 2.39. The summed E-state index contributed by atoms with van der Waals surface area (Å²) in [6.07, 6.45) is -0.715. The lowest BCUT2D eigenvalue weighted by Crippen LogP contribution is -2.44. The SMILES string of the molecule is CC1(C)OCC(C(=O)O)C(c2ccccc2O)O1. The summed E-state index contributed by atoms with van der Waals surface area (Å²) in [6, 6.07) is 6.59. The Kier molecular flexibility index (Phi) is 3.28. The minimum atomic E-state index is -1.00. The van der Waals surface area contributed by atoms with Gasteiger partial charge in [0.2, 0.25) is 0 Å². The highest BCUT2D eigenvalue weighted by Gasteiger charge is 2.42. The summed E-state index contributed by atoms with van der Waals surface area (Å²) in [5, 5.41) is 19.0. The number of para-hydroxylation sites is 1. The van der Waals surface area contributed by atoms with Gasteiger partial charge < -0.3 is 19.7 Å². The van der Waals surface area contributed by atoms with Crippen LogP contribution in [0.15, 0.2) is 24.3 Å². The maximum Gasteiger partial charge on any atom is 0.311 e. The molecule has 0 amide bonds. The van der Waals surface area contributed by atoms with Crippen molar-refractivity contribution in [1.82, 2.24) is 0 Å². The van der Waals surface area contributed by atoms with E-state index in [1.165, 1.54) is 6.07 Å². The first-order valence-corrected chi connectivity index (χ1v) is 5.73. The number of aliphatic carboxylic acids is 1. The average Bonchev–Trinajstić information content (AvgIpc) is 2.27. The lowest BCUT2D eigenvalue weighted by atomic mass is 9.94. The third-order valence-electron chi connectivity index (χ3n) is 2.95. The number of aromatic hydroxyl groups is 1. The first-order chi connectivity index (χ1) is 8.41. The number of carbonyl (C=O) groups is 1. The van der Waals surface area contributed by atoms with E-state index in [1.54, 1.807) is 32.0 Å². The molecule has 2 unspecified atom stereocenters. The van der Waals surface area contributed by atoms with E-state index < -0.39 is 23.8 Å². The zero-order chi connectivity index (χ0) is 13.3. The Morgan fingerprint density at radius 3 is 2.67 bits per heavy atom. The third kappa shape index (κ3) is 2.47. The summed E-state index contributed by atoms with van der Waals surface area (Å²) < 4.78 is 11.0. The number of phenols is 1. The molecule has 5 heteroatoms. The number of phenolic OH excluding ortho intramolecular Hbond substituents is 1. The van der Waals surface area contributed by atoms with Gasteiger partial charge in [0.25, 0.3) is 0 Å². The van der Waals surface area contributed by atoms with Crippen LogP contribution in [0.5, 0.6) is 5.75 Å². The van der Waals surface area contributed by atoms with Gasteiger partial charge in [0.15, 0.2) is 5.79 Å². The van der Waals surface area contributed by atoms with Gasteiger partial charge in [-0.2, -0.15) is 0 Å². The fourth-order valence-corrected chi connectivity index (χ4v) is 2.01. The molecule has 1 aliphatic rings. The Morgan fingerprint density at radius 1 is 1.39 bits per heavy atom. The van der Waals surface area contributed by atoms with Crippen LogP contribution in [0.2, 0.25) is 0 Å². The van der Waals surface area contributed by atoms with Gasteiger partial charge in [0.1, 0.15) is 17.8 Å². The molecule has 5 nitrogen and oxygen atoms in total. The maximum absolute atomic E-state index is 11.2. The topological polar surface area (TPSA) is 76.0 Å². The molecule has 1 saturated heterocycles. The summed E-state index contributed by atoms with van der Waals surface area (Å²) in [5.74, 6) is -2.66. The van der Waals surface area contributed by atoms with Crippen molar-refractivity contribution in [2.75, 3.05) is 6.61 Å². The van der Waals surface area contributed by atoms with Crippen LogP contribution in [0, 0.1) is 5.92 Å². The Hall–Kier alpha value is -1.59. The number of carboxylic acids is 1. The summed E-state index contributed by atoms with van der Waals surface area (Å²) in [6.45, 7) is 3.50. The summed E-state index contributed by atoms with van der Waals surface area (Å²) >= 11 is 0. The van der Waals surface area contributed by atoms with Crippen LogP contribution in [-0.4, -0.2) is 28.6 Å². The molecule has 2 N–H and O–H groups in total. The van der Waals surface area contributed by atoms with Crippen LogP contribution >= 0.6 is 0 Å². The zero-order valence-electron chi connectivity index (χ0n) is 10.3. The van der Waals surface area contributed by atoms with Crippen molar-refractivity contribution >= 4 is 5.97 Å². The molecule has 0 aromatic heterocycles. The second kappa shape index (κ2) is 4.59. The lowest BCUT2D eigenvalue weighted by Gasteiger charge is -2.39. The lowest BCUT2D eigenvalue weighted by molar-refractivity contribution is -0.293. The number of hydrogen-bond acceptors (Lipinski definition) is 4. The fourth-order valence-electron chi connectivity index (χ4n) is 2.01. The summed E-state index contributed by atoms with van der Waals surface area (Å²) in [5.41, 5.74) is 0.473. The molecule has 1 fully saturated rings. The summed E-state index contributed by atoms with van der Waals surface area (Å²) in [4.78, 5) is 11.2. The first-order valence-electron chi connectivity index (χ1n) is 5.73. The van der Waals surface area contributed by atoms with Gasteiger partial charge in [0, 0.05) is 5.56 Å². The minimum Gasteiger partial charge on any atom is -0.508 e. The van der Waals surface area contributed by atoms with Gasteiger partial charge in [-0.3, -0.25) is 4.79 Å². The van der Waals surface area contributed by atoms with Crippen molar-refractivity contribution in [1.29, 1.82) is 0 Å². The molecular formula is C13H16O5. The van der Waals surface area contributed by atoms with Gasteiger partial charge in [-0.25, -0.2) is 0 Å². The number of carboxylic acid groups (broad SMARTS) is 1. The van der Waals surface area contributed by atoms with E-state index in [0.29, 0.717) is 5.56 Å². The Bertz CT molecular complexity index is 454. The van der Waals surface area contributed by atoms with Crippen LogP contribution < -0.4 is 0 Å². The molecular weight excluding hydrogens is 236 g/mol. The first kappa shape index (κ1) is 12.9. The van der Waals surface area contributed by atoms with Gasteiger partial charge in [0.05, 0.1) is 6.61 Å². The second-order valence-electron chi connectivity index (χ2n) is 4.75. The van der Waals surface area contributed by atoms with E-state index in [4.69, 9.17) is 9.47 Å². The second-order valence-corrected chi connectivity index (χ2v) is 4.75. The quantitative estimate of drug-likeness (QED) is 0.841. The van der Waals surface area contributed by atoms with Gasteiger partial charge >= 0.3 is 5.97 Å². The predicted octanol–water partition coefficient (Wildman–Crippen LogP) is 1.92. The molecule has 0 saturated carbocycles. The van der Waals surface area contributed by atoms with E-state index in [-0.39, 0.29) is 12.4 Å². The largest absolute Gasteiger partial charge is 0.508 e. The van der Waals surface area contributed by atoms with E-state index in [2.05, 4.69) is 0 Å². The van der Waals surface area contributed by atoms with Gasteiger partial charge in [-0.15, -0.1) is 0 Å². The van der Waals surface area contributed by atoms with E-state index in [0.717, 1.165) is 0 Å². The molecule has 98 valence electrons. The maximum atomic E-state index is 11.2. The molecule has 0 radical (unpaired) electrons. The van der Waals surface area contributed by atoms with Crippen molar-refractivity contribution in [3.05, 3.63) is 29.8 Å². The fraction of sp³-hybridized carbons (Fsp3) is 0.462. The van der Waals surface area contributed by atoms with E-state index in [9.17, 15) is 15.0 Å². The summed E-state index contributed by atoms with van der Waals surface area (Å²) in [7, 11) is 0. The minimum absolute atomic E-state index is 0.0338. The molecule has 1 aromatic rings. The average molecular weight is 252 g/mol. The molecule has 2 rings (SSSR count). The van der Waals surface area contributed by atoms with Crippen molar-refractivity contribution < 1.29 is 24.5 Å². The monoisotopic (exact) mass is 252 g/mol. The molecule has 1 heterocycles. The number of ether oxygens (including phenoxy) is 2. The van der Waals surface area contributed by atoms with Crippen LogP contribution in [-0.2, 0) is 14.3 Å². The molecule has 1 aromatic carbocycles. The van der Waals surface area contributed by atoms with Crippen LogP contribution in [0.25, 0.3) is 0 Å². The Labute approximate surface area is 105 Å². The number of hydrogen-bond donors (Lipinski definition) is 2. The van der Waals surface area contributed by atoms with Crippen LogP contribution in [0.4, 0.5) is 0 Å². The van der Waals surface area contributed by atoms with Crippen molar-refractivity contribution in [3.8, 4) is 5.75 Å². The zero-order valence-corrected chi connectivity index (χ0v) is 10.3. The van der Waals surface area contributed by atoms with Crippen molar-refractivity contribution in [3.63, 3.8) is 0 Å². The van der Waals surface area contributed by atoms with Crippen molar-refractivity contribution in [2.45, 2.75) is 25.7 Å².